The Hall–Kier alpha value is -2.04. The molecule has 0 aliphatic carbocycles. The van der Waals surface area contributed by atoms with Crippen LogP contribution in [-0.4, -0.2) is 29.8 Å². The monoisotopic (exact) mass is 376 g/mol. The van der Waals surface area contributed by atoms with E-state index in [0.717, 1.165) is 18.4 Å². The van der Waals surface area contributed by atoms with Gasteiger partial charge >= 0.3 is 0 Å². The molecule has 130 valence electrons. The molecule has 1 atom stereocenters. The van der Waals surface area contributed by atoms with Gasteiger partial charge in [-0.05, 0) is 36.6 Å². The number of rotatable bonds is 4. The summed E-state index contributed by atoms with van der Waals surface area (Å²) in [5.41, 5.74) is 1.43. The molecule has 1 aliphatic rings. The van der Waals surface area contributed by atoms with Crippen molar-refractivity contribution in [2.24, 2.45) is 0 Å². The molecule has 1 N–H and O–H groups in total. The molecular formula is C19H18Cl2N2O2. The van der Waals surface area contributed by atoms with Crippen molar-refractivity contribution in [1.82, 2.24) is 10.2 Å². The number of likely N-dealkylation sites (tertiary alicyclic amines) is 1. The van der Waals surface area contributed by atoms with Gasteiger partial charge in [0.1, 0.15) is 0 Å². The summed E-state index contributed by atoms with van der Waals surface area (Å²) < 4.78 is 0. The van der Waals surface area contributed by atoms with Crippen molar-refractivity contribution in [2.45, 2.75) is 18.9 Å². The average molecular weight is 377 g/mol. The molecule has 1 saturated heterocycles. The zero-order valence-corrected chi connectivity index (χ0v) is 15.1. The SMILES string of the molecule is O=C(NCC(=O)N1CCC[C@@H]1c1ccccc1)c1ccc(Cl)cc1Cl. The Morgan fingerprint density at radius 1 is 1.12 bits per heavy atom. The number of carbonyl (C=O) groups is 2. The molecule has 0 spiro atoms. The maximum atomic E-state index is 12.6. The van der Waals surface area contributed by atoms with Crippen LogP contribution in [0.5, 0.6) is 0 Å². The minimum atomic E-state index is -0.384. The molecule has 0 saturated carbocycles. The first-order chi connectivity index (χ1) is 12.1. The van der Waals surface area contributed by atoms with Gasteiger partial charge in [-0.1, -0.05) is 53.5 Å². The number of hydrogen-bond acceptors (Lipinski definition) is 2. The van der Waals surface area contributed by atoms with Crippen molar-refractivity contribution in [3.63, 3.8) is 0 Å². The van der Waals surface area contributed by atoms with E-state index in [1.807, 2.05) is 35.2 Å². The lowest BCUT2D eigenvalue weighted by Crippen LogP contribution is -2.39. The lowest BCUT2D eigenvalue weighted by molar-refractivity contribution is -0.131. The summed E-state index contributed by atoms with van der Waals surface area (Å²) in [6, 6.07) is 14.7. The van der Waals surface area contributed by atoms with Crippen LogP contribution in [0.4, 0.5) is 0 Å². The fraction of sp³-hybridized carbons (Fsp3) is 0.263. The number of carbonyl (C=O) groups excluding carboxylic acids is 2. The quantitative estimate of drug-likeness (QED) is 0.873. The molecule has 2 amide bonds. The fourth-order valence-electron chi connectivity index (χ4n) is 3.11. The summed E-state index contributed by atoms with van der Waals surface area (Å²) in [6.45, 7) is 0.650. The number of halogens is 2. The highest BCUT2D eigenvalue weighted by Gasteiger charge is 2.29. The van der Waals surface area contributed by atoms with Crippen LogP contribution in [0.3, 0.4) is 0 Å². The predicted molar refractivity (Wildman–Crippen MR) is 98.9 cm³/mol. The summed E-state index contributed by atoms with van der Waals surface area (Å²) in [7, 11) is 0. The lowest BCUT2D eigenvalue weighted by atomic mass is 10.0. The topological polar surface area (TPSA) is 49.4 Å². The van der Waals surface area contributed by atoms with Crippen LogP contribution < -0.4 is 5.32 Å². The molecule has 25 heavy (non-hydrogen) atoms. The lowest BCUT2D eigenvalue weighted by Gasteiger charge is -2.25. The molecular weight excluding hydrogens is 359 g/mol. The minimum absolute atomic E-state index is 0.0544. The zero-order chi connectivity index (χ0) is 17.8. The van der Waals surface area contributed by atoms with Gasteiger partial charge in [0, 0.05) is 11.6 Å². The van der Waals surface area contributed by atoms with Crippen LogP contribution in [-0.2, 0) is 4.79 Å². The van der Waals surface area contributed by atoms with Gasteiger partial charge in [0.05, 0.1) is 23.2 Å². The smallest absolute Gasteiger partial charge is 0.253 e. The first-order valence-electron chi connectivity index (χ1n) is 8.14. The number of hydrogen-bond donors (Lipinski definition) is 1. The number of nitrogens with one attached hydrogen (secondary N) is 1. The molecule has 2 aromatic carbocycles. The van der Waals surface area contributed by atoms with Gasteiger partial charge < -0.3 is 10.2 Å². The fourth-order valence-corrected chi connectivity index (χ4v) is 3.61. The molecule has 6 heteroatoms. The van der Waals surface area contributed by atoms with Crippen LogP contribution in [0.1, 0.15) is 34.8 Å². The van der Waals surface area contributed by atoms with E-state index >= 15 is 0 Å². The van der Waals surface area contributed by atoms with Crippen LogP contribution in [0, 0.1) is 0 Å². The van der Waals surface area contributed by atoms with Crippen LogP contribution in [0.2, 0.25) is 10.0 Å². The van der Waals surface area contributed by atoms with Gasteiger partial charge in [0.25, 0.3) is 5.91 Å². The van der Waals surface area contributed by atoms with Crippen molar-refractivity contribution in [2.75, 3.05) is 13.1 Å². The second kappa shape index (κ2) is 7.89. The molecule has 1 aliphatic heterocycles. The van der Waals surface area contributed by atoms with Crippen molar-refractivity contribution in [1.29, 1.82) is 0 Å². The van der Waals surface area contributed by atoms with E-state index in [1.54, 1.807) is 12.1 Å². The summed E-state index contributed by atoms with van der Waals surface area (Å²) in [6.07, 6.45) is 1.90. The van der Waals surface area contributed by atoms with Crippen molar-refractivity contribution in [3.05, 3.63) is 69.7 Å². The molecule has 3 rings (SSSR count). The molecule has 4 nitrogen and oxygen atoms in total. The van der Waals surface area contributed by atoms with Gasteiger partial charge in [-0.3, -0.25) is 9.59 Å². The normalized spacial score (nSPS) is 16.7. The summed E-state index contributed by atoms with van der Waals surface area (Å²) in [5, 5.41) is 3.37. The highest BCUT2D eigenvalue weighted by atomic mass is 35.5. The van der Waals surface area contributed by atoms with E-state index in [0.29, 0.717) is 17.1 Å². The standard InChI is InChI=1S/C19H18Cl2N2O2/c20-14-8-9-15(16(21)11-14)19(25)22-12-18(24)23-10-4-7-17(23)13-5-2-1-3-6-13/h1-3,5-6,8-9,11,17H,4,7,10,12H2,(H,22,25)/t17-/m1/s1. The van der Waals surface area contributed by atoms with E-state index in [9.17, 15) is 9.59 Å². The first kappa shape index (κ1) is 17.8. The van der Waals surface area contributed by atoms with Crippen LogP contribution in [0.25, 0.3) is 0 Å². The highest BCUT2D eigenvalue weighted by Crippen LogP contribution is 2.31. The zero-order valence-electron chi connectivity index (χ0n) is 13.5. The van der Waals surface area contributed by atoms with Crippen molar-refractivity contribution in [3.8, 4) is 0 Å². The third-order valence-corrected chi connectivity index (χ3v) is 4.88. The predicted octanol–water partition coefficient (Wildman–Crippen LogP) is 4.09. The van der Waals surface area contributed by atoms with Gasteiger partial charge in [-0.25, -0.2) is 0 Å². The Morgan fingerprint density at radius 2 is 1.88 bits per heavy atom. The second-order valence-corrected chi connectivity index (χ2v) is 6.81. The average Bonchev–Trinajstić information content (AvgIpc) is 3.10. The Labute approximate surface area is 156 Å². The number of benzene rings is 2. The van der Waals surface area contributed by atoms with E-state index in [2.05, 4.69) is 5.32 Å². The maximum absolute atomic E-state index is 12.6. The van der Waals surface area contributed by atoms with E-state index in [1.165, 1.54) is 6.07 Å². The first-order valence-corrected chi connectivity index (χ1v) is 8.89. The van der Waals surface area contributed by atoms with Crippen molar-refractivity contribution >= 4 is 35.0 Å². The van der Waals surface area contributed by atoms with E-state index < -0.39 is 0 Å². The molecule has 0 radical (unpaired) electrons. The molecule has 0 bridgehead atoms. The Bertz CT molecular complexity index is 780. The van der Waals surface area contributed by atoms with Crippen LogP contribution in [0.15, 0.2) is 48.5 Å². The minimum Gasteiger partial charge on any atom is -0.343 e. The molecule has 0 unspecified atom stereocenters. The molecule has 2 aromatic rings. The van der Waals surface area contributed by atoms with E-state index in [-0.39, 0.29) is 29.4 Å². The van der Waals surface area contributed by atoms with Gasteiger partial charge in [-0.2, -0.15) is 0 Å². The van der Waals surface area contributed by atoms with E-state index in [4.69, 9.17) is 23.2 Å². The summed E-state index contributed by atoms with van der Waals surface area (Å²) >= 11 is 11.9. The maximum Gasteiger partial charge on any atom is 0.253 e. The molecule has 1 heterocycles. The molecule has 1 fully saturated rings. The largest absolute Gasteiger partial charge is 0.343 e. The molecule has 0 aromatic heterocycles. The summed E-state index contributed by atoms with van der Waals surface area (Å²) in [5.74, 6) is -0.477. The van der Waals surface area contributed by atoms with Crippen LogP contribution >= 0.6 is 23.2 Å². The Morgan fingerprint density at radius 3 is 2.60 bits per heavy atom. The number of nitrogens with zero attached hydrogens (tertiary/aromatic N) is 1. The van der Waals surface area contributed by atoms with Gasteiger partial charge in [0.15, 0.2) is 0 Å². The highest BCUT2D eigenvalue weighted by molar-refractivity contribution is 6.36. The number of amides is 2. The summed E-state index contributed by atoms with van der Waals surface area (Å²) in [4.78, 5) is 26.6. The van der Waals surface area contributed by atoms with Gasteiger partial charge in [0.2, 0.25) is 5.91 Å². The Kier molecular flexibility index (Phi) is 5.61. The third-order valence-electron chi connectivity index (χ3n) is 4.33. The second-order valence-electron chi connectivity index (χ2n) is 5.96. The van der Waals surface area contributed by atoms with Crippen molar-refractivity contribution < 1.29 is 9.59 Å². The van der Waals surface area contributed by atoms with Gasteiger partial charge in [-0.15, -0.1) is 0 Å². The third kappa shape index (κ3) is 4.14. The Balaban J connectivity index is 1.63.